The second kappa shape index (κ2) is 9.78. The molecule has 0 atom stereocenters. The molecule has 1 heterocycles. The molecule has 3 N–H and O–H groups in total. The summed E-state index contributed by atoms with van der Waals surface area (Å²) < 4.78 is 43.4. The van der Waals surface area contributed by atoms with E-state index >= 15 is 0 Å². The van der Waals surface area contributed by atoms with Gasteiger partial charge in [-0.2, -0.15) is 18.2 Å². The second-order valence-corrected chi connectivity index (χ2v) is 7.21. The molecule has 3 aromatic rings. The molecule has 1 amide bonds. The normalized spacial score (nSPS) is 11.0. The number of carbonyl (C=O) groups is 1. The van der Waals surface area contributed by atoms with Crippen molar-refractivity contribution in [3.05, 3.63) is 71.4 Å². The lowest BCUT2D eigenvalue weighted by Gasteiger charge is -2.15. The van der Waals surface area contributed by atoms with Crippen LogP contribution in [0.1, 0.15) is 5.56 Å². The van der Waals surface area contributed by atoms with Crippen molar-refractivity contribution < 1.29 is 22.7 Å². The van der Waals surface area contributed by atoms with E-state index < -0.39 is 17.7 Å². The minimum absolute atomic E-state index is 0.0842. The Morgan fingerprint density at radius 1 is 1.12 bits per heavy atom. The number of aromatic nitrogens is 2. The minimum Gasteiger partial charge on any atom is -0.495 e. The van der Waals surface area contributed by atoms with Gasteiger partial charge in [0.1, 0.15) is 16.3 Å². The largest absolute Gasteiger partial charge is 0.495 e. The summed E-state index contributed by atoms with van der Waals surface area (Å²) in [5.41, 5.74) is 0.655. The summed E-state index contributed by atoms with van der Waals surface area (Å²) in [6.07, 6.45) is -3.45. The van der Waals surface area contributed by atoms with Gasteiger partial charge in [-0.05, 0) is 36.8 Å². The molecule has 0 spiro atoms. The molecule has 0 unspecified atom stereocenters. The third kappa shape index (κ3) is 5.92. The summed E-state index contributed by atoms with van der Waals surface area (Å²) in [7, 11) is 1.41. The number of rotatable bonds is 7. The maximum absolute atomic E-state index is 12.7. The van der Waals surface area contributed by atoms with Gasteiger partial charge in [-0.3, -0.25) is 4.79 Å². The first-order valence-electron chi connectivity index (χ1n) is 9.46. The van der Waals surface area contributed by atoms with Gasteiger partial charge in [-0.15, -0.1) is 0 Å². The van der Waals surface area contributed by atoms with E-state index in [9.17, 15) is 18.0 Å². The molecule has 0 aliphatic heterocycles. The molecule has 0 aliphatic rings. The fraction of sp³-hybridized carbons (Fsp3) is 0.136. The molecule has 11 heteroatoms. The third-order valence-electron chi connectivity index (χ3n) is 4.46. The summed E-state index contributed by atoms with van der Waals surface area (Å²) in [6, 6.07) is 11.8. The number of nitrogens with one attached hydrogen (secondary N) is 3. The van der Waals surface area contributed by atoms with Crippen LogP contribution in [0.4, 0.5) is 42.0 Å². The van der Waals surface area contributed by atoms with Crippen LogP contribution in [0.3, 0.4) is 0 Å². The number of benzene rings is 2. The Morgan fingerprint density at radius 2 is 1.85 bits per heavy atom. The van der Waals surface area contributed by atoms with Crippen LogP contribution in [0.25, 0.3) is 0 Å². The van der Waals surface area contributed by atoms with Gasteiger partial charge >= 0.3 is 6.18 Å². The first-order valence-corrected chi connectivity index (χ1v) is 9.84. The minimum atomic E-state index is -4.84. The van der Waals surface area contributed by atoms with Gasteiger partial charge in [0, 0.05) is 11.4 Å². The number of para-hydroxylation sites is 1. The van der Waals surface area contributed by atoms with Crippen LogP contribution in [0.2, 0.25) is 5.02 Å². The van der Waals surface area contributed by atoms with E-state index in [1.165, 1.54) is 31.5 Å². The zero-order chi connectivity index (χ0) is 24.2. The summed E-state index contributed by atoms with van der Waals surface area (Å²) in [6.45, 7) is 4.71. The Balaban J connectivity index is 1.85. The fourth-order valence-electron chi connectivity index (χ4n) is 2.69. The van der Waals surface area contributed by atoms with Crippen molar-refractivity contribution in [1.82, 2.24) is 9.97 Å². The number of aryl methyl sites for hydroxylation is 1. The number of halogens is 4. The summed E-state index contributed by atoms with van der Waals surface area (Å²) in [4.78, 5) is 20.3. The molecular formula is C22H19ClF3N5O2. The lowest BCUT2D eigenvalue weighted by Crippen LogP contribution is -2.24. The van der Waals surface area contributed by atoms with Crippen LogP contribution < -0.4 is 20.7 Å². The van der Waals surface area contributed by atoms with Crippen molar-refractivity contribution >= 4 is 46.3 Å². The summed E-state index contributed by atoms with van der Waals surface area (Å²) in [5, 5.41) is 8.49. The number of anilines is 5. The number of hydrogen-bond donors (Lipinski definition) is 3. The molecule has 0 saturated heterocycles. The highest BCUT2D eigenvalue weighted by Gasteiger charge is 2.36. The van der Waals surface area contributed by atoms with Crippen LogP contribution in [0.5, 0.6) is 5.75 Å². The van der Waals surface area contributed by atoms with E-state index in [4.69, 9.17) is 16.3 Å². The Kier molecular flexibility index (Phi) is 7.07. The Labute approximate surface area is 192 Å². The predicted octanol–water partition coefficient (Wildman–Crippen LogP) is 5.99. The highest BCUT2D eigenvalue weighted by Crippen LogP contribution is 2.32. The molecule has 0 aliphatic carbocycles. The van der Waals surface area contributed by atoms with Gasteiger partial charge in [-0.25, -0.2) is 4.98 Å². The highest BCUT2D eigenvalue weighted by molar-refractivity contribution is 6.32. The van der Waals surface area contributed by atoms with Crippen LogP contribution in [0.15, 0.2) is 60.8 Å². The van der Waals surface area contributed by atoms with E-state index in [0.717, 1.165) is 11.3 Å². The fourth-order valence-corrected chi connectivity index (χ4v) is 2.83. The number of alkyl halides is 3. The predicted molar refractivity (Wildman–Crippen MR) is 122 cm³/mol. The maximum atomic E-state index is 12.7. The van der Waals surface area contributed by atoms with Gasteiger partial charge in [0.05, 0.1) is 19.0 Å². The highest BCUT2D eigenvalue weighted by atomic mass is 35.5. The van der Waals surface area contributed by atoms with E-state index in [2.05, 4.69) is 32.5 Å². The lowest BCUT2D eigenvalue weighted by molar-refractivity contribution is -0.126. The molecular weight excluding hydrogens is 459 g/mol. The first-order chi connectivity index (χ1) is 15.6. The van der Waals surface area contributed by atoms with Gasteiger partial charge < -0.3 is 20.7 Å². The van der Waals surface area contributed by atoms with Crippen molar-refractivity contribution in [3.8, 4) is 5.75 Å². The molecule has 0 radical (unpaired) electrons. The standard InChI is InChI=1S/C22H19ClF3N5O2/c1-12-6-4-5-7-16(12)29-19-15(23)11-27-21(31-19)30-17-10-14(8-9-18(17)33-3)28-20(32)13(2)22(24,25)26/h4-11H,2H2,1,3H3,(H,28,32)(H2,27,29,30,31). The quantitative estimate of drug-likeness (QED) is 0.362. The Bertz CT molecular complexity index is 1200. The van der Waals surface area contributed by atoms with E-state index in [1.807, 2.05) is 31.2 Å². The monoisotopic (exact) mass is 477 g/mol. The number of nitrogens with zero attached hydrogens (tertiary/aromatic N) is 2. The van der Waals surface area contributed by atoms with Gasteiger partial charge in [0.15, 0.2) is 5.82 Å². The van der Waals surface area contributed by atoms with Crippen molar-refractivity contribution in [3.63, 3.8) is 0 Å². The Hall–Kier alpha value is -3.79. The third-order valence-corrected chi connectivity index (χ3v) is 4.74. The molecule has 0 fully saturated rings. The van der Waals surface area contributed by atoms with E-state index in [1.54, 1.807) is 0 Å². The van der Waals surface area contributed by atoms with E-state index in [0.29, 0.717) is 17.3 Å². The lowest BCUT2D eigenvalue weighted by atomic mass is 10.2. The number of methoxy groups -OCH3 is 1. The molecule has 33 heavy (non-hydrogen) atoms. The molecule has 172 valence electrons. The molecule has 0 saturated carbocycles. The van der Waals surface area contributed by atoms with Gasteiger partial charge in [-0.1, -0.05) is 36.4 Å². The van der Waals surface area contributed by atoms with Crippen molar-refractivity contribution in [2.45, 2.75) is 13.1 Å². The molecule has 3 rings (SSSR count). The smallest absolute Gasteiger partial charge is 0.421 e. The molecule has 0 bridgehead atoms. The van der Waals surface area contributed by atoms with Crippen molar-refractivity contribution in [2.75, 3.05) is 23.1 Å². The van der Waals surface area contributed by atoms with Crippen LogP contribution in [-0.4, -0.2) is 29.2 Å². The van der Waals surface area contributed by atoms with Crippen LogP contribution >= 0.6 is 11.6 Å². The average Bonchev–Trinajstić information content (AvgIpc) is 2.76. The Morgan fingerprint density at radius 3 is 2.52 bits per heavy atom. The van der Waals surface area contributed by atoms with Crippen molar-refractivity contribution in [2.24, 2.45) is 0 Å². The first kappa shape index (κ1) is 23.9. The number of hydrogen-bond acceptors (Lipinski definition) is 6. The number of carbonyl (C=O) groups excluding carboxylic acids is 1. The zero-order valence-electron chi connectivity index (χ0n) is 17.5. The average molecular weight is 478 g/mol. The van der Waals surface area contributed by atoms with Crippen molar-refractivity contribution in [1.29, 1.82) is 0 Å². The topological polar surface area (TPSA) is 88.2 Å². The molecule has 1 aromatic heterocycles. The zero-order valence-corrected chi connectivity index (χ0v) is 18.3. The molecule has 2 aromatic carbocycles. The second-order valence-electron chi connectivity index (χ2n) is 6.80. The maximum Gasteiger partial charge on any atom is 0.421 e. The summed E-state index contributed by atoms with van der Waals surface area (Å²) >= 11 is 6.22. The van der Waals surface area contributed by atoms with Gasteiger partial charge in [0.25, 0.3) is 5.91 Å². The van der Waals surface area contributed by atoms with Crippen LogP contribution in [-0.2, 0) is 4.79 Å². The van der Waals surface area contributed by atoms with E-state index in [-0.39, 0.29) is 16.7 Å². The SMILES string of the molecule is C=C(C(=O)Nc1ccc(OC)c(Nc2ncc(Cl)c(Nc3ccccc3C)n2)c1)C(F)(F)F. The number of ether oxygens (including phenoxy) is 1. The van der Waals surface area contributed by atoms with Gasteiger partial charge in [0.2, 0.25) is 5.95 Å². The summed E-state index contributed by atoms with van der Waals surface area (Å²) in [5.74, 6) is -0.550. The van der Waals surface area contributed by atoms with Crippen LogP contribution in [0, 0.1) is 6.92 Å². The number of amides is 1. The molecule has 7 nitrogen and oxygen atoms in total.